The number of hydrogen-bond acceptors (Lipinski definition) is 5. The molecule has 1 aromatic heterocycles. The van der Waals surface area contributed by atoms with Crippen molar-refractivity contribution in [3.05, 3.63) is 46.2 Å². The van der Waals surface area contributed by atoms with Crippen molar-refractivity contribution in [2.24, 2.45) is 0 Å². The van der Waals surface area contributed by atoms with E-state index in [-0.39, 0.29) is 5.78 Å². The van der Waals surface area contributed by atoms with Gasteiger partial charge in [0.1, 0.15) is 17.4 Å². The number of Topliss-reactive ketones (excluding diaryl/α,β-unsaturated/α-hetero) is 1. The predicted molar refractivity (Wildman–Crippen MR) is 76.5 cm³/mol. The lowest BCUT2D eigenvalue weighted by molar-refractivity contribution is 0.0982. The summed E-state index contributed by atoms with van der Waals surface area (Å²) < 4.78 is 10.2. The number of ketones is 1. The molecule has 2 aromatic rings. The molecule has 0 saturated carbocycles. The summed E-state index contributed by atoms with van der Waals surface area (Å²) in [4.78, 5) is 12.9. The molecule has 1 heterocycles. The quantitative estimate of drug-likeness (QED) is 0.792. The van der Waals surface area contributed by atoms with Gasteiger partial charge in [0.05, 0.1) is 25.2 Å². The number of benzene rings is 1. The van der Waals surface area contributed by atoms with Crippen molar-refractivity contribution in [2.45, 2.75) is 5.92 Å². The molecule has 0 bridgehead atoms. The zero-order valence-electron chi connectivity index (χ0n) is 11.1. The maximum Gasteiger partial charge on any atom is 0.194 e. The molecular weight excluding hydrogens is 274 g/mol. The number of nitriles is 1. The topological polar surface area (TPSA) is 59.3 Å². The molecule has 0 radical (unpaired) electrons. The van der Waals surface area contributed by atoms with Crippen molar-refractivity contribution in [2.75, 3.05) is 14.2 Å². The smallest absolute Gasteiger partial charge is 0.194 e. The molecule has 4 nitrogen and oxygen atoms in total. The van der Waals surface area contributed by atoms with Gasteiger partial charge in [-0.3, -0.25) is 4.79 Å². The summed E-state index contributed by atoms with van der Waals surface area (Å²) in [6.07, 6.45) is 0. The van der Waals surface area contributed by atoms with Crippen molar-refractivity contribution in [1.82, 2.24) is 0 Å². The van der Waals surface area contributed by atoms with Crippen LogP contribution in [0.1, 0.15) is 21.2 Å². The highest BCUT2D eigenvalue weighted by molar-refractivity contribution is 7.12. The van der Waals surface area contributed by atoms with Crippen LogP contribution in [0, 0.1) is 11.3 Å². The van der Waals surface area contributed by atoms with E-state index in [4.69, 9.17) is 9.47 Å². The van der Waals surface area contributed by atoms with Crippen LogP contribution in [0.15, 0.2) is 35.7 Å². The lowest BCUT2D eigenvalue weighted by atomic mass is 9.95. The van der Waals surface area contributed by atoms with Crippen LogP contribution in [0.3, 0.4) is 0 Å². The lowest BCUT2D eigenvalue weighted by Crippen LogP contribution is -2.09. The van der Waals surface area contributed by atoms with E-state index in [0.29, 0.717) is 21.9 Å². The molecule has 1 unspecified atom stereocenters. The minimum atomic E-state index is -0.839. The number of rotatable bonds is 5. The Balaban J connectivity index is 2.32. The minimum absolute atomic E-state index is 0.228. The molecule has 1 atom stereocenters. The fraction of sp³-hybridized carbons (Fsp3) is 0.200. The van der Waals surface area contributed by atoms with Crippen molar-refractivity contribution in [1.29, 1.82) is 5.26 Å². The zero-order valence-corrected chi connectivity index (χ0v) is 11.9. The summed E-state index contributed by atoms with van der Waals surface area (Å²) in [5.41, 5.74) is 0.629. The average molecular weight is 287 g/mol. The molecule has 0 aliphatic heterocycles. The largest absolute Gasteiger partial charge is 0.497 e. The SMILES string of the molecule is COc1cccc(C(C#N)C(=O)c2cc(OC)cs2)c1. The van der Waals surface area contributed by atoms with Gasteiger partial charge in [-0.25, -0.2) is 0 Å². The van der Waals surface area contributed by atoms with E-state index < -0.39 is 5.92 Å². The second-order valence-electron chi connectivity index (χ2n) is 4.05. The van der Waals surface area contributed by atoms with Crippen LogP contribution in [0.2, 0.25) is 0 Å². The highest BCUT2D eigenvalue weighted by Gasteiger charge is 2.23. The summed E-state index contributed by atoms with van der Waals surface area (Å²) in [6.45, 7) is 0. The monoisotopic (exact) mass is 287 g/mol. The summed E-state index contributed by atoms with van der Waals surface area (Å²) in [6, 6.07) is 10.7. The van der Waals surface area contributed by atoms with Crippen molar-refractivity contribution < 1.29 is 14.3 Å². The van der Waals surface area contributed by atoms with Gasteiger partial charge in [-0.05, 0) is 17.7 Å². The fourth-order valence-electron chi connectivity index (χ4n) is 1.80. The standard InChI is InChI=1S/C15H13NO3S/c1-18-11-5-3-4-10(6-11)13(8-16)15(17)14-7-12(19-2)9-20-14/h3-7,9,13H,1-2H3. The van der Waals surface area contributed by atoms with Crippen LogP contribution in [0.5, 0.6) is 11.5 Å². The molecule has 5 heteroatoms. The van der Waals surface area contributed by atoms with Crippen LogP contribution in [-0.4, -0.2) is 20.0 Å². The summed E-state index contributed by atoms with van der Waals surface area (Å²) >= 11 is 1.27. The Bertz CT molecular complexity index is 657. The average Bonchev–Trinajstić information content (AvgIpc) is 2.97. The molecule has 0 amide bonds. The third-order valence-corrected chi connectivity index (χ3v) is 3.80. The Morgan fingerprint density at radius 1 is 1.25 bits per heavy atom. The predicted octanol–water partition coefficient (Wildman–Crippen LogP) is 3.26. The van der Waals surface area contributed by atoms with Gasteiger partial charge < -0.3 is 9.47 Å². The first-order valence-electron chi connectivity index (χ1n) is 5.90. The first-order valence-corrected chi connectivity index (χ1v) is 6.78. The lowest BCUT2D eigenvalue weighted by Gasteiger charge is -2.08. The van der Waals surface area contributed by atoms with E-state index >= 15 is 0 Å². The van der Waals surface area contributed by atoms with E-state index in [1.165, 1.54) is 11.3 Å². The van der Waals surface area contributed by atoms with Gasteiger partial charge >= 0.3 is 0 Å². The van der Waals surface area contributed by atoms with Gasteiger partial charge in [-0.2, -0.15) is 5.26 Å². The summed E-state index contributed by atoms with van der Waals surface area (Å²) in [5, 5.41) is 11.0. The molecule has 0 spiro atoms. The van der Waals surface area contributed by atoms with Crippen LogP contribution < -0.4 is 9.47 Å². The summed E-state index contributed by atoms with van der Waals surface area (Å²) in [7, 11) is 3.09. The van der Waals surface area contributed by atoms with Crippen LogP contribution >= 0.6 is 11.3 Å². The Hall–Kier alpha value is -2.32. The van der Waals surface area contributed by atoms with Gasteiger partial charge in [-0.1, -0.05) is 12.1 Å². The van der Waals surface area contributed by atoms with Gasteiger partial charge in [0.15, 0.2) is 5.78 Å². The second kappa shape index (κ2) is 6.22. The highest BCUT2D eigenvalue weighted by Crippen LogP contribution is 2.28. The summed E-state index contributed by atoms with van der Waals surface area (Å²) in [5.74, 6) is 0.183. The molecule has 20 heavy (non-hydrogen) atoms. The van der Waals surface area contributed by atoms with Gasteiger partial charge in [-0.15, -0.1) is 11.3 Å². The number of thiophene rings is 1. The van der Waals surface area contributed by atoms with Gasteiger partial charge in [0.2, 0.25) is 0 Å². The van der Waals surface area contributed by atoms with E-state index in [9.17, 15) is 10.1 Å². The molecule has 0 N–H and O–H groups in total. The van der Waals surface area contributed by atoms with E-state index in [1.807, 2.05) is 0 Å². The fourth-order valence-corrected chi connectivity index (χ4v) is 2.63. The molecule has 0 aliphatic rings. The molecule has 2 rings (SSSR count). The first kappa shape index (κ1) is 14.1. The van der Waals surface area contributed by atoms with E-state index in [2.05, 4.69) is 6.07 Å². The molecular formula is C15H13NO3S. The van der Waals surface area contributed by atoms with Gasteiger partial charge in [0.25, 0.3) is 0 Å². The minimum Gasteiger partial charge on any atom is -0.497 e. The Labute approximate surface area is 121 Å². The Morgan fingerprint density at radius 3 is 2.60 bits per heavy atom. The molecule has 0 saturated heterocycles. The number of carbonyl (C=O) groups is 1. The molecule has 102 valence electrons. The third kappa shape index (κ3) is 2.81. The van der Waals surface area contributed by atoms with E-state index in [1.54, 1.807) is 49.9 Å². The number of methoxy groups -OCH3 is 2. The van der Waals surface area contributed by atoms with E-state index in [0.717, 1.165) is 0 Å². The molecule has 0 aliphatic carbocycles. The van der Waals surface area contributed by atoms with Crippen LogP contribution in [-0.2, 0) is 0 Å². The number of carbonyl (C=O) groups excluding carboxylic acids is 1. The maximum atomic E-state index is 12.4. The zero-order chi connectivity index (χ0) is 14.5. The first-order chi connectivity index (χ1) is 9.69. The van der Waals surface area contributed by atoms with Crippen LogP contribution in [0.25, 0.3) is 0 Å². The molecule has 1 aromatic carbocycles. The molecule has 0 fully saturated rings. The number of nitrogens with zero attached hydrogens (tertiary/aromatic N) is 1. The van der Waals surface area contributed by atoms with Crippen LogP contribution in [0.4, 0.5) is 0 Å². The maximum absolute atomic E-state index is 12.4. The number of hydrogen-bond donors (Lipinski definition) is 0. The van der Waals surface area contributed by atoms with Crippen molar-refractivity contribution in [3.63, 3.8) is 0 Å². The Morgan fingerprint density at radius 2 is 2.00 bits per heavy atom. The number of ether oxygens (including phenoxy) is 2. The van der Waals surface area contributed by atoms with Crippen molar-refractivity contribution >= 4 is 17.1 Å². The Kier molecular flexibility index (Phi) is 4.38. The second-order valence-corrected chi connectivity index (χ2v) is 4.96. The normalized spacial score (nSPS) is 11.4. The third-order valence-electron chi connectivity index (χ3n) is 2.87. The van der Waals surface area contributed by atoms with Gasteiger partial charge in [0, 0.05) is 11.4 Å². The van der Waals surface area contributed by atoms with Crippen molar-refractivity contribution in [3.8, 4) is 17.6 Å². The highest BCUT2D eigenvalue weighted by atomic mass is 32.1.